The molecule has 0 aromatic rings. The normalized spacial score (nSPS) is 16.3. The number of nitrogens with two attached hydrogens (primary N) is 1. The monoisotopic (exact) mass is 189 g/mol. The fourth-order valence-corrected chi connectivity index (χ4v) is 0.851. The summed E-state index contributed by atoms with van der Waals surface area (Å²) in [6, 6.07) is 0. The minimum Gasteiger partial charge on any atom is -0.481 e. The molecule has 0 rings (SSSR count). The summed E-state index contributed by atoms with van der Waals surface area (Å²) in [6.45, 7) is 4.36. The Morgan fingerprint density at radius 2 is 1.62 bits per heavy atom. The largest absolute Gasteiger partial charge is 0.481 e. The van der Waals surface area contributed by atoms with Crippen LogP contribution in [0.15, 0.2) is 0 Å². The molecule has 1 unspecified atom stereocenters. The maximum absolute atomic E-state index is 10.7. The summed E-state index contributed by atoms with van der Waals surface area (Å²) in [6.07, 6.45) is -0.272. The standard InChI is InChI=1S/C8H15NO4/c1-7(2,4-5(10)11)8(3,9)6(12)13/h4,9H2,1-3H3,(H,10,11)(H,12,13). The Kier molecular flexibility index (Phi) is 3.05. The van der Waals surface area contributed by atoms with Crippen LogP contribution >= 0.6 is 0 Å². The van der Waals surface area contributed by atoms with Gasteiger partial charge in [0.25, 0.3) is 0 Å². The summed E-state index contributed by atoms with van der Waals surface area (Å²) in [7, 11) is 0. The molecule has 5 heteroatoms. The maximum atomic E-state index is 10.7. The summed E-state index contributed by atoms with van der Waals surface area (Å²) < 4.78 is 0. The second kappa shape index (κ2) is 3.33. The third-order valence-electron chi connectivity index (χ3n) is 2.44. The van der Waals surface area contributed by atoms with Crippen LogP contribution in [0, 0.1) is 5.41 Å². The molecule has 0 amide bonds. The van der Waals surface area contributed by atoms with Gasteiger partial charge in [0.1, 0.15) is 5.54 Å². The highest BCUT2D eigenvalue weighted by atomic mass is 16.4. The van der Waals surface area contributed by atoms with E-state index in [1.54, 1.807) is 0 Å². The van der Waals surface area contributed by atoms with E-state index in [1.165, 1.54) is 20.8 Å². The average Bonchev–Trinajstić information content (AvgIpc) is 1.83. The van der Waals surface area contributed by atoms with E-state index >= 15 is 0 Å². The summed E-state index contributed by atoms with van der Waals surface area (Å²) in [5.41, 5.74) is 3.00. The molecule has 5 nitrogen and oxygen atoms in total. The lowest BCUT2D eigenvalue weighted by Crippen LogP contribution is -2.57. The molecule has 1 atom stereocenters. The Balaban J connectivity index is 4.80. The molecule has 0 fully saturated rings. The zero-order valence-electron chi connectivity index (χ0n) is 8.00. The molecule has 4 N–H and O–H groups in total. The molecule has 0 aromatic carbocycles. The van der Waals surface area contributed by atoms with Crippen molar-refractivity contribution in [2.24, 2.45) is 11.1 Å². The number of carboxylic acid groups (broad SMARTS) is 2. The van der Waals surface area contributed by atoms with E-state index in [0.717, 1.165) is 0 Å². The van der Waals surface area contributed by atoms with Crippen LogP contribution in [0.1, 0.15) is 27.2 Å². The first-order valence-electron chi connectivity index (χ1n) is 3.85. The van der Waals surface area contributed by atoms with Crippen LogP contribution in [0.25, 0.3) is 0 Å². The van der Waals surface area contributed by atoms with Gasteiger partial charge in [-0.05, 0) is 6.92 Å². The van der Waals surface area contributed by atoms with E-state index in [2.05, 4.69) is 0 Å². The molecule has 0 radical (unpaired) electrons. The first-order chi connectivity index (χ1) is 5.61. The second-order valence-electron chi connectivity index (χ2n) is 3.96. The van der Waals surface area contributed by atoms with Crippen molar-refractivity contribution in [3.8, 4) is 0 Å². The number of carboxylic acids is 2. The number of hydrogen-bond donors (Lipinski definition) is 3. The summed E-state index contributed by atoms with van der Waals surface area (Å²) in [5.74, 6) is -2.25. The number of hydrogen-bond acceptors (Lipinski definition) is 3. The first kappa shape index (κ1) is 11.9. The molecule has 0 aliphatic rings. The fraction of sp³-hybridized carbons (Fsp3) is 0.750. The van der Waals surface area contributed by atoms with E-state index in [9.17, 15) is 9.59 Å². The van der Waals surface area contributed by atoms with Gasteiger partial charge in [-0.15, -0.1) is 0 Å². The van der Waals surface area contributed by atoms with Gasteiger partial charge in [-0.3, -0.25) is 9.59 Å². The third kappa shape index (κ3) is 2.42. The van der Waals surface area contributed by atoms with Crippen LogP contribution in [0.3, 0.4) is 0 Å². The van der Waals surface area contributed by atoms with Crippen LogP contribution in [0.2, 0.25) is 0 Å². The van der Waals surface area contributed by atoms with Gasteiger partial charge in [0.2, 0.25) is 0 Å². The highest BCUT2D eigenvalue weighted by Crippen LogP contribution is 2.32. The zero-order valence-corrected chi connectivity index (χ0v) is 8.00. The van der Waals surface area contributed by atoms with Gasteiger partial charge < -0.3 is 15.9 Å². The number of aliphatic carboxylic acids is 2. The van der Waals surface area contributed by atoms with Crippen molar-refractivity contribution in [3.05, 3.63) is 0 Å². The van der Waals surface area contributed by atoms with E-state index in [0.29, 0.717) is 0 Å². The van der Waals surface area contributed by atoms with Gasteiger partial charge >= 0.3 is 11.9 Å². The minimum absolute atomic E-state index is 0.272. The Labute approximate surface area is 76.5 Å². The first-order valence-corrected chi connectivity index (χ1v) is 3.85. The van der Waals surface area contributed by atoms with Crippen LogP contribution in [0.5, 0.6) is 0 Å². The molecule has 0 aliphatic heterocycles. The lowest BCUT2D eigenvalue weighted by atomic mass is 9.72. The average molecular weight is 189 g/mol. The molecular weight excluding hydrogens is 174 g/mol. The molecular formula is C8H15NO4. The lowest BCUT2D eigenvalue weighted by Gasteiger charge is -2.36. The van der Waals surface area contributed by atoms with Crippen molar-refractivity contribution < 1.29 is 19.8 Å². The third-order valence-corrected chi connectivity index (χ3v) is 2.44. The van der Waals surface area contributed by atoms with Gasteiger partial charge in [0, 0.05) is 5.41 Å². The van der Waals surface area contributed by atoms with Crippen molar-refractivity contribution in [1.82, 2.24) is 0 Å². The molecule has 0 aromatic heterocycles. The molecule has 0 bridgehead atoms. The van der Waals surface area contributed by atoms with Gasteiger partial charge in [-0.25, -0.2) is 0 Å². The summed E-state index contributed by atoms with van der Waals surface area (Å²) in [5, 5.41) is 17.3. The SMILES string of the molecule is CC(C)(CC(=O)O)C(C)(N)C(=O)O. The topological polar surface area (TPSA) is 101 Å². The summed E-state index contributed by atoms with van der Waals surface area (Å²) in [4.78, 5) is 21.2. The number of rotatable bonds is 4. The van der Waals surface area contributed by atoms with Crippen LogP contribution < -0.4 is 5.73 Å². The van der Waals surface area contributed by atoms with Crippen LogP contribution in [-0.2, 0) is 9.59 Å². The van der Waals surface area contributed by atoms with Crippen molar-refractivity contribution in [3.63, 3.8) is 0 Å². The van der Waals surface area contributed by atoms with Gasteiger partial charge in [0.05, 0.1) is 6.42 Å². The van der Waals surface area contributed by atoms with Crippen molar-refractivity contribution >= 4 is 11.9 Å². The smallest absolute Gasteiger partial charge is 0.323 e. The second-order valence-corrected chi connectivity index (χ2v) is 3.96. The highest BCUT2D eigenvalue weighted by molar-refractivity contribution is 5.80. The van der Waals surface area contributed by atoms with Crippen molar-refractivity contribution in [1.29, 1.82) is 0 Å². The lowest BCUT2D eigenvalue weighted by molar-refractivity contribution is -0.150. The molecule has 0 aliphatic carbocycles. The Morgan fingerprint density at radius 3 is 1.85 bits per heavy atom. The van der Waals surface area contributed by atoms with E-state index in [1.807, 2.05) is 0 Å². The van der Waals surface area contributed by atoms with E-state index < -0.39 is 22.9 Å². The van der Waals surface area contributed by atoms with Gasteiger partial charge in [-0.1, -0.05) is 13.8 Å². The zero-order chi connectivity index (χ0) is 10.9. The van der Waals surface area contributed by atoms with Crippen LogP contribution in [0.4, 0.5) is 0 Å². The Hall–Kier alpha value is -1.10. The quantitative estimate of drug-likeness (QED) is 0.590. The van der Waals surface area contributed by atoms with Gasteiger partial charge in [0.15, 0.2) is 0 Å². The summed E-state index contributed by atoms with van der Waals surface area (Å²) >= 11 is 0. The van der Waals surface area contributed by atoms with E-state index in [4.69, 9.17) is 15.9 Å². The molecule has 0 spiro atoms. The fourth-order valence-electron chi connectivity index (χ4n) is 0.851. The minimum atomic E-state index is -1.54. The maximum Gasteiger partial charge on any atom is 0.323 e. The van der Waals surface area contributed by atoms with Crippen molar-refractivity contribution in [2.45, 2.75) is 32.7 Å². The molecule has 76 valence electrons. The molecule has 0 heterocycles. The predicted molar refractivity (Wildman–Crippen MR) is 46.3 cm³/mol. The Bertz CT molecular complexity index is 232. The molecule has 13 heavy (non-hydrogen) atoms. The van der Waals surface area contributed by atoms with Crippen LogP contribution in [-0.4, -0.2) is 27.7 Å². The predicted octanol–water partition coefficient (Wildman–Crippen LogP) is 0.289. The highest BCUT2D eigenvalue weighted by Gasteiger charge is 2.45. The molecule has 0 saturated heterocycles. The van der Waals surface area contributed by atoms with Gasteiger partial charge in [-0.2, -0.15) is 0 Å². The number of carbonyl (C=O) groups is 2. The molecule has 0 saturated carbocycles. The van der Waals surface area contributed by atoms with Crippen molar-refractivity contribution in [2.75, 3.05) is 0 Å². The van der Waals surface area contributed by atoms with E-state index in [-0.39, 0.29) is 6.42 Å². The Morgan fingerprint density at radius 1 is 1.23 bits per heavy atom.